The maximum Gasteiger partial charge on any atom is 0.335 e. The Labute approximate surface area is 169 Å². The third-order valence-corrected chi connectivity index (χ3v) is 4.58. The number of methoxy groups -OCH3 is 1. The van der Waals surface area contributed by atoms with Gasteiger partial charge >= 0.3 is 5.97 Å². The molecule has 0 aliphatic heterocycles. The second-order valence-corrected chi connectivity index (χ2v) is 6.66. The maximum absolute atomic E-state index is 12.9. The zero-order valence-electron chi connectivity index (χ0n) is 15.2. The zero-order chi connectivity index (χ0) is 20.8. The number of carboxylic acids is 1. The van der Waals surface area contributed by atoms with Crippen molar-refractivity contribution in [3.05, 3.63) is 76.0 Å². The van der Waals surface area contributed by atoms with E-state index < -0.39 is 17.8 Å². The number of amides is 2. The Kier molecular flexibility index (Phi) is 6.10. The number of carbonyl (C=O) groups excluding carboxylic acids is 2. The van der Waals surface area contributed by atoms with Crippen LogP contribution in [0, 0.1) is 0 Å². The highest BCUT2D eigenvalue weighted by atomic mass is 32.1. The first-order valence-electron chi connectivity index (χ1n) is 8.30. The summed E-state index contributed by atoms with van der Waals surface area (Å²) in [5.74, 6) is -2.08. The second kappa shape index (κ2) is 8.89. The number of furan rings is 1. The van der Waals surface area contributed by atoms with Gasteiger partial charge in [-0.1, -0.05) is 6.07 Å². The van der Waals surface area contributed by atoms with Crippen molar-refractivity contribution in [2.45, 2.75) is 0 Å². The number of rotatable bonds is 7. The molecule has 2 heterocycles. The number of nitrogens with one attached hydrogen (secondary N) is 2. The van der Waals surface area contributed by atoms with Crippen molar-refractivity contribution in [1.82, 2.24) is 5.32 Å². The lowest BCUT2D eigenvalue weighted by atomic mass is 10.2. The summed E-state index contributed by atoms with van der Waals surface area (Å²) in [4.78, 5) is 37.2. The first kappa shape index (κ1) is 19.9. The number of thiophene rings is 1. The fourth-order valence-electron chi connectivity index (χ4n) is 2.39. The summed E-state index contributed by atoms with van der Waals surface area (Å²) in [6, 6.07) is 10.7. The lowest BCUT2D eigenvalue weighted by molar-refractivity contribution is -0.113. The number of benzene rings is 1. The summed E-state index contributed by atoms with van der Waals surface area (Å²) in [5.41, 5.74) is 0.0860. The Hall–Kier alpha value is -3.85. The van der Waals surface area contributed by atoms with Crippen LogP contribution in [0.4, 0.5) is 5.69 Å². The molecule has 0 unspecified atom stereocenters. The quantitative estimate of drug-likeness (QED) is 0.512. The predicted molar refractivity (Wildman–Crippen MR) is 107 cm³/mol. The Balaban J connectivity index is 1.90. The van der Waals surface area contributed by atoms with Crippen LogP contribution in [0.1, 0.15) is 25.8 Å². The van der Waals surface area contributed by atoms with Gasteiger partial charge in [0.25, 0.3) is 11.8 Å². The second-order valence-electron chi connectivity index (χ2n) is 5.68. The van der Waals surface area contributed by atoms with Crippen LogP contribution in [0.5, 0.6) is 5.75 Å². The molecule has 0 aliphatic carbocycles. The summed E-state index contributed by atoms with van der Waals surface area (Å²) >= 11 is 1.38. The molecule has 0 aliphatic rings. The normalized spacial score (nSPS) is 11.0. The lowest BCUT2D eigenvalue weighted by Gasteiger charge is -2.13. The number of anilines is 1. The molecule has 0 bridgehead atoms. The minimum atomic E-state index is -1.15. The van der Waals surface area contributed by atoms with E-state index in [1.165, 1.54) is 55.1 Å². The van der Waals surface area contributed by atoms with Crippen molar-refractivity contribution in [1.29, 1.82) is 0 Å². The Bertz CT molecular complexity index is 1050. The summed E-state index contributed by atoms with van der Waals surface area (Å²) in [5, 5.41) is 16.1. The highest BCUT2D eigenvalue weighted by Crippen LogP contribution is 2.26. The Morgan fingerprint density at radius 3 is 2.62 bits per heavy atom. The van der Waals surface area contributed by atoms with E-state index in [9.17, 15) is 19.5 Å². The number of carbonyl (C=O) groups is 3. The molecule has 8 nitrogen and oxygen atoms in total. The monoisotopic (exact) mass is 412 g/mol. The van der Waals surface area contributed by atoms with Crippen molar-refractivity contribution in [2.75, 3.05) is 12.4 Å². The maximum atomic E-state index is 12.9. The van der Waals surface area contributed by atoms with E-state index in [4.69, 9.17) is 9.15 Å². The van der Waals surface area contributed by atoms with Gasteiger partial charge in [0, 0.05) is 4.88 Å². The fraction of sp³-hybridized carbons (Fsp3) is 0.0500. The molecule has 0 spiro atoms. The van der Waals surface area contributed by atoms with E-state index >= 15 is 0 Å². The summed E-state index contributed by atoms with van der Waals surface area (Å²) in [6.07, 6.45) is 2.86. The molecule has 3 N–H and O–H groups in total. The van der Waals surface area contributed by atoms with E-state index in [0.29, 0.717) is 0 Å². The molecule has 9 heteroatoms. The van der Waals surface area contributed by atoms with E-state index in [2.05, 4.69) is 10.6 Å². The van der Waals surface area contributed by atoms with Gasteiger partial charge in [-0.2, -0.15) is 0 Å². The molecular formula is C20H16N2O6S. The zero-order valence-corrected chi connectivity index (χ0v) is 16.0. The first-order valence-corrected chi connectivity index (χ1v) is 9.18. The smallest absolute Gasteiger partial charge is 0.335 e. The molecule has 148 valence electrons. The SMILES string of the molecule is COc1ccc(C(=O)O)cc1NC(=O)/C(=C\c1cccs1)NC(=O)c1ccco1. The highest BCUT2D eigenvalue weighted by molar-refractivity contribution is 7.10. The van der Waals surface area contributed by atoms with E-state index in [-0.39, 0.29) is 28.5 Å². The minimum Gasteiger partial charge on any atom is -0.495 e. The fourth-order valence-corrected chi connectivity index (χ4v) is 3.05. The van der Waals surface area contributed by atoms with Crippen LogP contribution in [0.15, 0.2) is 64.2 Å². The van der Waals surface area contributed by atoms with Crippen molar-refractivity contribution >= 4 is 40.9 Å². The average molecular weight is 412 g/mol. The molecule has 29 heavy (non-hydrogen) atoms. The van der Waals surface area contributed by atoms with Crippen molar-refractivity contribution in [3.8, 4) is 5.75 Å². The van der Waals surface area contributed by atoms with Crippen molar-refractivity contribution < 1.29 is 28.6 Å². The molecule has 0 saturated heterocycles. The Morgan fingerprint density at radius 1 is 1.17 bits per heavy atom. The molecule has 0 radical (unpaired) electrons. The summed E-state index contributed by atoms with van der Waals surface area (Å²) < 4.78 is 10.2. The van der Waals surface area contributed by atoms with Crippen LogP contribution in [0.3, 0.4) is 0 Å². The molecule has 0 atom stereocenters. The minimum absolute atomic E-state index is 0.0236. The molecular weight excluding hydrogens is 396 g/mol. The molecule has 3 aromatic rings. The number of hydrogen-bond donors (Lipinski definition) is 3. The van der Waals surface area contributed by atoms with Gasteiger partial charge in [-0.3, -0.25) is 9.59 Å². The number of carboxylic acid groups (broad SMARTS) is 1. The number of hydrogen-bond acceptors (Lipinski definition) is 6. The topological polar surface area (TPSA) is 118 Å². The van der Waals surface area contributed by atoms with Gasteiger partial charge in [-0.25, -0.2) is 4.79 Å². The van der Waals surface area contributed by atoms with Gasteiger partial charge in [-0.05, 0) is 47.9 Å². The summed E-state index contributed by atoms with van der Waals surface area (Å²) in [7, 11) is 1.40. The van der Waals surface area contributed by atoms with Crippen LogP contribution >= 0.6 is 11.3 Å². The van der Waals surface area contributed by atoms with Crippen molar-refractivity contribution in [3.63, 3.8) is 0 Å². The van der Waals surface area contributed by atoms with Gasteiger partial charge in [0.2, 0.25) is 0 Å². The Morgan fingerprint density at radius 2 is 2.00 bits per heavy atom. The van der Waals surface area contributed by atoms with Gasteiger partial charge in [0.15, 0.2) is 5.76 Å². The first-order chi connectivity index (χ1) is 14.0. The molecule has 0 fully saturated rings. The predicted octanol–water partition coefficient (Wildman–Crippen LogP) is 3.46. The van der Waals surface area contributed by atoms with E-state index in [0.717, 1.165) is 4.88 Å². The van der Waals surface area contributed by atoms with Gasteiger partial charge in [-0.15, -0.1) is 11.3 Å². The molecule has 1 aromatic carbocycles. The standard InChI is InChI=1S/C20H16N2O6S/c1-27-16-7-6-12(20(25)26)10-14(16)21-18(23)15(11-13-4-3-9-29-13)22-19(24)17-5-2-8-28-17/h2-11H,1H3,(H,21,23)(H,22,24)(H,25,26)/b15-11+. The lowest BCUT2D eigenvalue weighted by Crippen LogP contribution is -2.30. The number of aromatic carboxylic acids is 1. The largest absolute Gasteiger partial charge is 0.495 e. The van der Waals surface area contributed by atoms with Crippen LogP contribution in [-0.2, 0) is 4.79 Å². The number of ether oxygens (including phenoxy) is 1. The third-order valence-electron chi connectivity index (χ3n) is 3.76. The van der Waals surface area contributed by atoms with Gasteiger partial charge < -0.3 is 24.9 Å². The molecule has 3 rings (SSSR count). The van der Waals surface area contributed by atoms with E-state index in [1.807, 2.05) is 5.38 Å². The van der Waals surface area contributed by atoms with E-state index in [1.54, 1.807) is 18.2 Å². The van der Waals surface area contributed by atoms with Crippen LogP contribution in [0.2, 0.25) is 0 Å². The van der Waals surface area contributed by atoms with Crippen LogP contribution in [-0.4, -0.2) is 30.0 Å². The van der Waals surface area contributed by atoms with Crippen molar-refractivity contribution in [2.24, 2.45) is 0 Å². The van der Waals surface area contributed by atoms with Gasteiger partial charge in [0.05, 0.1) is 24.6 Å². The average Bonchev–Trinajstić information content (AvgIpc) is 3.41. The molecule has 2 amide bonds. The van der Waals surface area contributed by atoms with Crippen LogP contribution in [0.25, 0.3) is 6.08 Å². The third kappa shape index (κ3) is 4.90. The molecule has 2 aromatic heterocycles. The highest BCUT2D eigenvalue weighted by Gasteiger charge is 2.19. The molecule has 0 saturated carbocycles. The van der Waals surface area contributed by atoms with Crippen LogP contribution < -0.4 is 15.4 Å². The van der Waals surface area contributed by atoms with Gasteiger partial charge in [0.1, 0.15) is 11.4 Å². The summed E-state index contributed by atoms with van der Waals surface area (Å²) in [6.45, 7) is 0.